The van der Waals surface area contributed by atoms with Gasteiger partial charge in [0.1, 0.15) is 5.82 Å². The van der Waals surface area contributed by atoms with E-state index in [1.165, 1.54) is 18.2 Å². The van der Waals surface area contributed by atoms with Crippen molar-refractivity contribution < 1.29 is 9.50 Å². The average molecular weight is 282 g/mol. The van der Waals surface area contributed by atoms with E-state index in [9.17, 15) is 14.3 Å². The lowest BCUT2D eigenvalue weighted by atomic mass is 10.1. The van der Waals surface area contributed by atoms with E-state index in [-0.39, 0.29) is 11.4 Å². The number of phenolic OH excluding ortho intramolecular Hbond substituents is 1. The molecule has 0 saturated carbocycles. The van der Waals surface area contributed by atoms with E-state index >= 15 is 0 Å². The smallest absolute Gasteiger partial charge is 0.251 e. The van der Waals surface area contributed by atoms with Crippen LogP contribution in [-0.2, 0) is 0 Å². The van der Waals surface area contributed by atoms with Gasteiger partial charge < -0.3 is 10.1 Å². The van der Waals surface area contributed by atoms with Crippen LogP contribution < -0.4 is 5.56 Å². The van der Waals surface area contributed by atoms with Crippen molar-refractivity contribution >= 4 is 0 Å². The van der Waals surface area contributed by atoms with Crippen molar-refractivity contribution in [2.24, 2.45) is 0 Å². The monoisotopic (exact) mass is 282 g/mol. The molecule has 0 aliphatic carbocycles. The minimum absolute atomic E-state index is 0.250. The van der Waals surface area contributed by atoms with Gasteiger partial charge in [-0.25, -0.2) is 9.37 Å². The number of nitrogens with one attached hydrogen (secondary N) is 1. The largest absolute Gasteiger partial charge is 0.505 e. The molecule has 2 N–H and O–H groups in total. The third-order valence-corrected chi connectivity index (χ3v) is 3.03. The van der Waals surface area contributed by atoms with Gasteiger partial charge in [-0.15, -0.1) is 0 Å². The van der Waals surface area contributed by atoms with E-state index in [4.69, 9.17) is 0 Å². The molecular weight excluding hydrogens is 271 g/mol. The van der Waals surface area contributed by atoms with E-state index in [0.29, 0.717) is 11.3 Å². The van der Waals surface area contributed by atoms with Gasteiger partial charge in [0.25, 0.3) is 5.56 Å². The molecule has 0 bridgehead atoms. The lowest BCUT2D eigenvalue weighted by Gasteiger charge is -2.05. The Labute approximate surface area is 119 Å². The van der Waals surface area contributed by atoms with Crippen molar-refractivity contribution in [3.63, 3.8) is 0 Å². The van der Waals surface area contributed by atoms with E-state index in [2.05, 4.69) is 9.97 Å². The van der Waals surface area contributed by atoms with Crippen LogP contribution in [0, 0.1) is 5.82 Å². The molecule has 0 saturated heterocycles. The fourth-order valence-corrected chi connectivity index (χ4v) is 2.01. The summed E-state index contributed by atoms with van der Waals surface area (Å²) in [6, 6.07) is 14.5. The summed E-state index contributed by atoms with van der Waals surface area (Å²) in [5.74, 6) is -0.958. The highest BCUT2D eigenvalue weighted by Gasteiger charge is 2.08. The summed E-state index contributed by atoms with van der Waals surface area (Å²) < 4.78 is 13.4. The number of hydrogen-bond acceptors (Lipinski definition) is 3. The van der Waals surface area contributed by atoms with E-state index in [1.807, 2.05) is 30.3 Å². The van der Waals surface area contributed by atoms with Crippen molar-refractivity contribution in [3.05, 3.63) is 70.8 Å². The second-order valence-corrected chi connectivity index (χ2v) is 4.51. The highest BCUT2D eigenvalue weighted by atomic mass is 19.1. The quantitative estimate of drug-likeness (QED) is 0.759. The molecule has 1 heterocycles. The van der Waals surface area contributed by atoms with Crippen LogP contribution in [0.15, 0.2) is 59.4 Å². The van der Waals surface area contributed by atoms with Gasteiger partial charge in [0, 0.05) is 17.2 Å². The van der Waals surface area contributed by atoms with Crippen LogP contribution in [0.4, 0.5) is 4.39 Å². The number of rotatable bonds is 2. The summed E-state index contributed by atoms with van der Waals surface area (Å²) in [5.41, 5.74) is 1.36. The van der Waals surface area contributed by atoms with Crippen LogP contribution in [0.2, 0.25) is 0 Å². The fourth-order valence-electron chi connectivity index (χ4n) is 2.01. The lowest BCUT2D eigenvalue weighted by Crippen LogP contribution is -2.08. The van der Waals surface area contributed by atoms with E-state index in [1.54, 1.807) is 0 Å². The first-order valence-electron chi connectivity index (χ1n) is 6.29. The van der Waals surface area contributed by atoms with E-state index in [0.717, 1.165) is 11.6 Å². The minimum Gasteiger partial charge on any atom is -0.505 e. The molecule has 3 rings (SSSR count). The van der Waals surface area contributed by atoms with Crippen molar-refractivity contribution in [2.45, 2.75) is 0 Å². The normalized spacial score (nSPS) is 10.5. The first kappa shape index (κ1) is 13.1. The van der Waals surface area contributed by atoms with Crippen molar-refractivity contribution in [1.82, 2.24) is 9.97 Å². The maximum atomic E-state index is 13.4. The third kappa shape index (κ3) is 2.67. The molecule has 21 heavy (non-hydrogen) atoms. The predicted octanol–water partition coefficient (Wildman–Crippen LogP) is 2.95. The molecule has 104 valence electrons. The molecule has 0 radical (unpaired) electrons. The highest BCUT2D eigenvalue weighted by molar-refractivity contribution is 5.63. The van der Waals surface area contributed by atoms with Gasteiger partial charge in [0.15, 0.2) is 11.6 Å². The Kier molecular flexibility index (Phi) is 3.23. The number of H-pyrrole nitrogens is 1. The Hall–Kier alpha value is -2.95. The van der Waals surface area contributed by atoms with E-state index < -0.39 is 11.6 Å². The number of aromatic nitrogens is 2. The average Bonchev–Trinajstić information content (AvgIpc) is 2.50. The van der Waals surface area contributed by atoms with Gasteiger partial charge in [-0.1, -0.05) is 30.3 Å². The van der Waals surface area contributed by atoms with Gasteiger partial charge in [-0.2, -0.15) is 0 Å². The lowest BCUT2D eigenvalue weighted by molar-refractivity contribution is 0.432. The third-order valence-electron chi connectivity index (χ3n) is 3.03. The Bertz CT molecular complexity index is 844. The summed E-state index contributed by atoms with van der Waals surface area (Å²) in [5, 5.41) is 9.21. The summed E-state index contributed by atoms with van der Waals surface area (Å²) in [7, 11) is 0. The van der Waals surface area contributed by atoms with Crippen LogP contribution in [0.25, 0.3) is 22.6 Å². The van der Waals surface area contributed by atoms with Crippen LogP contribution in [-0.4, -0.2) is 15.1 Å². The van der Waals surface area contributed by atoms with Crippen molar-refractivity contribution in [1.29, 1.82) is 0 Å². The predicted molar refractivity (Wildman–Crippen MR) is 77.4 cm³/mol. The maximum absolute atomic E-state index is 13.4. The van der Waals surface area contributed by atoms with Crippen LogP contribution in [0.1, 0.15) is 0 Å². The molecule has 4 nitrogen and oxygen atoms in total. The zero-order valence-corrected chi connectivity index (χ0v) is 10.9. The molecule has 0 aliphatic rings. The Morgan fingerprint density at radius 2 is 1.76 bits per heavy atom. The van der Waals surface area contributed by atoms with Gasteiger partial charge in [-0.3, -0.25) is 4.79 Å². The molecule has 3 aromatic rings. The Morgan fingerprint density at radius 3 is 2.48 bits per heavy atom. The first-order chi connectivity index (χ1) is 10.1. The minimum atomic E-state index is -0.764. The number of nitrogens with zero attached hydrogens (tertiary/aromatic N) is 1. The molecular formula is C16H11FN2O2. The van der Waals surface area contributed by atoms with Gasteiger partial charge in [0.2, 0.25) is 0 Å². The van der Waals surface area contributed by atoms with Crippen LogP contribution >= 0.6 is 0 Å². The van der Waals surface area contributed by atoms with Gasteiger partial charge >= 0.3 is 0 Å². The maximum Gasteiger partial charge on any atom is 0.251 e. The second kappa shape index (κ2) is 5.20. The summed E-state index contributed by atoms with van der Waals surface area (Å²) in [6.07, 6.45) is 0. The Morgan fingerprint density at radius 1 is 1.00 bits per heavy atom. The van der Waals surface area contributed by atoms with Gasteiger partial charge in [0.05, 0.1) is 5.69 Å². The number of phenols is 1. The molecule has 0 amide bonds. The number of hydrogen-bond donors (Lipinski definition) is 2. The molecule has 2 aromatic carbocycles. The number of aromatic hydroxyl groups is 1. The SMILES string of the molecule is O=c1cc(-c2ccccc2)nc(-c2ccc(O)c(F)c2)[nH]1. The first-order valence-corrected chi connectivity index (χ1v) is 6.29. The number of halogens is 1. The van der Waals surface area contributed by atoms with Crippen LogP contribution in [0.5, 0.6) is 5.75 Å². The molecule has 0 fully saturated rings. The number of benzene rings is 2. The Balaban J connectivity index is 2.14. The van der Waals surface area contributed by atoms with Gasteiger partial charge in [-0.05, 0) is 18.2 Å². The fraction of sp³-hybridized carbons (Fsp3) is 0. The van der Waals surface area contributed by atoms with Crippen molar-refractivity contribution in [2.75, 3.05) is 0 Å². The standard InChI is InChI=1S/C16H11FN2O2/c17-12-8-11(6-7-14(12)20)16-18-13(9-15(21)19-16)10-4-2-1-3-5-10/h1-9,20H,(H,18,19,21). The summed E-state index contributed by atoms with van der Waals surface area (Å²) in [4.78, 5) is 18.7. The summed E-state index contributed by atoms with van der Waals surface area (Å²) in [6.45, 7) is 0. The summed E-state index contributed by atoms with van der Waals surface area (Å²) >= 11 is 0. The van der Waals surface area contributed by atoms with Crippen LogP contribution in [0.3, 0.4) is 0 Å². The number of aromatic amines is 1. The molecule has 0 spiro atoms. The van der Waals surface area contributed by atoms with Crippen molar-refractivity contribution in [3.8, 4) is 28.4 Å². The molecule has 0 aliphatic heterocycles. The second-order valence-electron chi connectivity index (χ2n) is 4.51. The molecule has 1 aromatic heterocycles. The molecule has 0 atom stereocenters. The highest BCUT2D eigenvalue weighted by Crippen LogP contribution is 2.23. The zero-order chi connectivity index (χ0) is 14.8. The zero-order valence-electron chi connectivity index (χ0n) is 10.9. The molecule has 5 heteroatoms. The molecule has 0 unspecified atom stereocenters. The topological polar surface area (TPSA) is 66.0 Å².